The zero-order valence-corrected chi connectivity index (χ0v) is 13.4. The lowest BCUT2D eigenvalue weighted by atomic mass is 10.2. The summed E-state index contributed by atoms with van der Waals surface area (Å²) in [5.41, 5.74) is 3.40. The van der Waals surface area contributed by atoms with Gasteiger partial charge in [0.2, 0.25) is 0 Å². The van der Waals surface area contributed by atoms with Crippen LogP contribution < -0.4 is 5.32 Å². The average Bonchev–Trinajstić information content (AvgIpc) is 3.07. The van der Waals surface area contributed by atoms with Gasteiger partial charge in [-0.15, -0.1) is 0 Å². The first-order valence-electron chi connectivity index (χ1n) is 6.81. The van der Waals surface area contributed by atoms with Crippen LogP contribution in [0.25, 0.3) is 16.7 Å². The van der Waals surface area contributed by atoms with E-state index < -0.39 is 0 Å². The highest BCUT2D eigenvalue weighted by Gasteiger charge is 2.13. The van der Waals surface area contributed by atoms with Crippen molar-refractivity contribution in [1.82, 2.24) is 23.8 Å². The van der Waals surface area contributed by atoms with Gasteiger partial charge >= 0.3 is 0 Å². The Bertz CT molecular complexity index is 749. The molecule has 0 saturated carbocycles. The van der Waals surface area contributed by atoms with Crippen LogP contribution >= 0.6 is 23.3 Å². The molecule has 5 nitrogen and oxygen atoms in total. The largest absolute Gasteiger partial charge is 0.311 e. The molecule has 0 radical (unpaired) electrons. The highest BCUT2D eigenvalue weighted by atomic mass is 35.5. The van der Waals surface area contributed by atoms with Crippen LogP contribution in [0.4, 0.5) is 0 Å². The van der Waals surface area contributed by atoms with Crippen LogP contribution in [0.5, 0.6) is 0 Å². The van der Waals surface area contributed by atoms with Crippen molar-refractivity contribution in [2.45, 2.75) is 20.4 Å². The van der Waals surface area contributed by atoms with Gasteiger partial charge in [-0.1, -0.05) is 25.4 Å². The lowest BCUT2D eigenvalue weighted by molar-refractivity contribution is 0.546. The van der Waals surface area contributed by atoms with Gasteiger partial charge in [0.1, 0.15) is 16.7 Å². The minimum atomic E-state index is 0.622. The smallest absolute Gasteiger partial charge is 0.131 e. The molecular formula is C14H16ClN5S. The standard InChI is InChI=1S/C14H16ClN5S/c1-9(2)7-16-8-10-5-6-20(17-10)14-11(15)3-4-12-13(14)19-21-18-12/h3-6,9,16H,7-8H2,1-2H3. The first kappa shape index (κ1) is 14.4. The zero-order chi connectivity index (χ0) is 14.8. The third-order valence-corrected chi connectivity index (χ3v) is 3.93. The number of hydrogen-bond acceptors (Lipinski definition) is 5. The van der Waals surface area contributed by atoms with Gasteiger partial charge in [-0.2, -0.15) is 13.8 Å². The fourth-order valence-corrected chi connectivity index (χ4v) is 2.88. The number of fused-ring (bicyclic) bond motifs is 1. The topological polar surface area (TPSA) is 55.6 Å². The summed E-state index contributed by atoms with van der Waals surface area (Å²) < 4.78 is 10.3. The maximum absolute atomic E-state index is 6.31. The fourth-order valence-electron chi connectivity index (χ4n) is 2.10. The van der Waals surface area contributed by atoms with Gasteiger partial charge in [0.05, 0.1) is 22.4 Å². The molecule has 0 unspecified atom stereocenters. The summed E-state index contributed by atoms with van der Waals surface area (Å²) in [6.45, 7) is 6.08. The molecule has 0 aliphatic heterocycles. The molecule has 1 aromatic carbocycles. The SMILES string of the molecule is CC(C)CNCc1ccn(-c2c(Cl)ccc3nsnc23)n1. The van der Waals surface area contributed by atoms with Crippen molar-refractivity contribution in [3.8, 4) is 5.69 Å². The van der Waals surface area contributed by atoms with E-state index in [0.717, 1.165) is 35.5 Å². The number of aromatic nitrogens is 4. The number of hydrogen-bond donors (Lipinski definition) is 1. The molecule has 0 aliphatic carbocycles. The molecule has 0 aliphatic rings. The Labute approximate surface area is 132 Å². The lowest BCUT2D eigenvalue weighted by Gasteiger charge is -2.06. The van der Waals surface area contributed by atoms with E-state index in [2.05, 4.69) is 33.0 Å². The number of nitrogens with one attached hydrogen (secondary N) is 1. The van der Waals surface area contributed by atoms with E-state index in [1.807, 2.05) is 24.4 Å². The first-order chi connectivity index (χ1) is 10.1. The first-order valence-corrected chi connectivity index (χ1v) is 7.92. The molecule has 0 saturated heterocycles. The van der Waals surface area contributed by atoms with E-state index >= 15 is 0 Å². The van der Waals surface area contributed by atoms with E-state index in [1.165, 1.54) is 11.7 Å². The second kappa shape index (κ2) is 6.09. The Morgan fingerprint density at radius 1 is 1.29 bits per heavy atom. The molecule has 0 bridgehead atoms. The third kappa shape index (κ3) is 3.07. The van der Waals surface area contributed by atoms with Gasteiger partial charge in [0, 0.05) is 12.7 Å². The molecule has 0 spiro atoms. The molecule has 110 valence electrons. The zero-order valence-electron chi connectivity index (χ0n) is 11.9. The highest BCUT2D eigenvalue weighted by molar-refractivity contribution is 7.00. The predicted octanol–water partition coefficient (Wildman–Crippen LogP) is 3.28. The molecule has 1 N–H and O–H groups in total. The molecule has 0 fully saturated rings. The van der Waals surface area contributed by atoms with Gasteiger partial charge in [-0.3, -0.25) is 0 Å². The van der Waals surface area contributed by atoms with Crippen molar-refractivity contribution in [3.63, 3.8) is 0 Å². The van der Waals surface area contributed by atoms with E-state index in [1.54, 1.807) is 4.68 Å². The van der Waals surface area contributed by atoms with Gasteiger partial charge < -0.3 is 5.32 Å². The summed E-state index contributed by atoms with van der Waals surface area (Å²) in [6.07, 6.45) is 1.91. The molecule has 21 heavy (non-hydrogen) atoms. The Kier molecular flexibility index (Phi) is 4.19. The van der Waals surface area contributed by atoms with Gasteiger partial charge in [-0.25, -0.2) is 4.68 Å². The predicted molar refractivity (Wildman–Crippen MR) is 86.1 cm³/mol. The third-order valence-electron chi connectivity index (χ3n) is 3.08. The van der Waals surface area contributed by atoms with Crippen LogP contribution in [0, 0.1) is 5.92 Å². The molecular weight excluding hydrogens is 306 g/mol. The fraction of sp³-hybridized carbons (Fsp3) is 0.357. The Balaban J connectivity index is 1.88. The molecule has 2 heterocycles. The summed E-state index contributed by atoms with van der Waals surface area (Å²) in [5, 5.41) is 8.58. The van der Waals surface area contributed by atoms with Crippen LogP contribution in [0.2, 0.25) is 5.02 Å². The molecule has 0 amide bonds. The van der Waals surface area contributed by atoms with Crippen LogP contribution in [-0.4, -0.2) is 25.1 Å². The van der Waals surface area contributed by atoms with E-state index in [-0.39, 0.29) is 0 Å². The van der Waals surface area contributed by atoms with Crippen molar-refractivity contribution < 1.29 is 0 Å². The summed E-state index contributed by atoms with van der Waals surface area (Å²) in [4.78, 5) is 0. The minimum Gasteiger partial charge on any atom is -0.311 e. The van der Waals surface area contributed by atoms with Gasteiger partial charge in [0.25, 0.3) is 0 Å². The molecule has 3 aromatic rings. The Morgan fingerprint density at radius 3 is 2.95 bits per heavy atom. The van der Waals surface area contributed by atoms with Gasteiger partial charge in [-0.05, 0) is 30.7 Å². The van der Waals surface area contributed by atoms with Crippen molar-refractivity contribution in [3.05, 3.63) is 35.1 Å². The number of halogens is 1. The normalized spacial score (nSPS) is 11.6. The van der Waals surface area contributed by atoms with Crippen molar-refractivity contribution >= 4 is 34.4 Å². The summed E-state index contributed by atoms with van der Waals surface area (Å²) in [7, 11) is 0. The van der Waals surface area contributed by atoms with Crippen molar-refractivity contribution in [2.24, 2.45) is 5.92 Å². The number of benzene rings is 1. The number of nitrogens with zero attached hydrogens (tertiary/aromatic N) is 4. The van der Waals surface area contributed by atoms with Crippen molar-refractivity contribution in [1.29, 1.82) is 0 Å². The maximum Gasteiger partial charge on any atom is 0.131 e. The summed E-state index contributed by atoms with van der Waals surface area (Å²) in [6, 6.07) is 5.69. The van der Waals surface area contributed by atoms with E-state index in [4.69, 9.17) is 11.6 Å². The minimum absolute atomic E-state index is 0.622. The second-order valence-electron chi connectivity index (χ2n) is 5.30. The van der Waals surface area contributed by atoms with Gasteiger partial charge in [0.15, 0.2) is 0 Å². The van der Waals surface area contributed by atoms with E-state index in [0.29, 0.717) is 10.9 Å². The highest BCUT2D eigenvalue weighted by Crippen LogP contribution is 2.28. The number of rotatable bonds is 5. The summed E-state index contributed by atoms with van der Waals surface area (Å²) in [5.74, 6) is 0.622. The monoisotopic (exact) mass is 321 g/mol. The Morgan fingerprint density at radius 2 is 2.14 bits per heavy atom. The van der Waals surface area contributed by atoms with Crippen molar-refractivity contribution in [2.75, 3.05) is 6.54 Å². The lowest BCUT2D eigenvalue weighted by Crippen LogP contribution is -2.19. The van der Waals surface area contributed by atoms with E-state index in [9.17, 15) is 0 Å². The average molecular weight is 322 g/mol. The Hall–Kier alpha value is -1.50. The molecule has 2 aromatic heterocycles. The summed E-state index contributed by atoms with van der Waals surface area (Å²) >= 11 is 7.49. The maximum atomic E-state index is 6.31. The van der Waals surface area contributed by atoms with Crippen LogP contribution in [0.15, 0.2) is 24.4 Å². The second-order valence-corrected chi connectivity index (χ2v) is 6.24. The van der Waals surface area contributed by atoms with Crippen LogP contribution in [0.3, 0.4) is 0 Å². The quantitative estimate of drug-likeness (QED) is 0.783. The van der Waals surface area contributed by atoms with Crippen LogP contribution in [-0.2, 0) is 6.54 Å². The molecule has 3 rings (SSSR count). The molecule has 0 atom stereocenters. The van der Waals surface area contributed by atoms with Crippen LogP contribution in [0.1, 0.15) is 19.5 Å². The molecule has 7 heteroatoms.